The molecule has 0 N–H and O–H groups in total. The Balaban J connectivity index is 1.71. The molecule has 6 heteroatoms. The van der Waals surface area contributed by atoms with Crippen molar-refractivity contribution in [3.05, 3.63) is 65.2 Å². The predicted octanol–water partition coefficient (Wildman–Crippen LogP) is 5.51. The van der Waals surface area contributed by atoms with E-state index in [-0.39, 0.29) is 24.6 Å². The SMILES string of the molecule is CC(C)N(C(=O)COC(=O)c1c2c(nc3ccccc13)C(=Cc1ccco1)CCC2)C(C)C. The predicted molar refractivity (Wildman–Crippen MR) is 129 cm³/mol. The Hall–Kier alpha value is -3.41. The molecule has 6 nitrogen and oxygen atoms in total. The van der Waals surface area contributed by atoms with E-state index in [2.05, 4.69) is 0 Å². The summed E-state index contributed by atoms with van der Waals surface area (Å²) >= 11 is 0. The zero-order valence-electron chi connectivity index (χ0n) is 19.6. The van der Waals surface area contributed by atoms with Crippen molar-refractivity contribution in [2.45, 2.75) is 59.0 Å². The van der Waals surface area contributed by atoms with Gasteiger partial charge < -0.3 is 14.1 Å². The van der Waals surface area contributed by atoms with Gasteiger partial charge in [-0.25, -0.2) is 9.78 Å². The van der Waals surface area contributed by atoms with E-state index in [1.54, 1.807) is 11.2 Å². The number of benzene rings is 1. The number of carbonyl (C=O) groups is 2. The van der Waals surface area contributed by atoms with Crippen LogP contribution in [0, 0.1) is 0 Å². The van der Waals surface area contributed by atoms with Crippen molar-refractivity contribution in [1.82, 2.24) is 9.88 Å². The third-order valence-corrected chi connectivity index (χ3v) is 5.96. The summed E-state index contributed by atoms with van der Waals surface area (Å²) in [5.41, 5.74) is 3.95. The van der Waals surface area contributed by atoms with E-state index in [9.17, 15) is 9.59 Å². The molecule has 0 saturated carbocycles. The van der Waals surface area contributed by atoms with Crippen molar-refractivity contribution in [3.8, 4) is 0 Å². The first-order chi connectivity index (χ1) is 15.9. The van der Waals surface area contributed by atoms with E-state index in [4.69, 9.17) is 14.1 Å². The number of allylic oxidation sites excluding steroid dienone is 1. The van der Waals surface area contributed by atoms with Crippen LogP contribution in [0.25, 0.3) is 22.6 Å². The molecule has 4 rings (SSSR count). The van der Waals surface area contributed by atoms with E-state index in [0.717, 1.165) is 52.8 Å². The monoisotopic (exact) mass is 446 g/mol. The summed E-state index contributed by atoms with van der Waals surface area (Å²) in [4.78, 5) is 32.8. The largest absolute Gasteiger partial charge is 0.465 e. The highest BCUT2D eigenvalue weighted by molar-refractivity contribution is 6.07. The van der Waals surface area contributed by atoms with Crippen molar-refractivity contribution >= 4 is 34.4 Å². The Morgan fingerprint density at radius 1 is 1.09 bits per heavy atom. The van der Waals surface area contributed by atoms with Crippen LogP contribution in [0.2, 0.25) is 0 Å². The summed E-state index contributed by atoms with van der Waals surface area (Å²) in [6, 6.07) is 11.4. The van der Waals surface area contributed by atoms with Crippen LogP contribution in [0.5, 0.6) is 0 Å². The molecule has 1 aliphatic rings. The number of para-hydroxylation sites is 1. The Kier molecular flexibility index (Phi) is 6.63. The zero-order chi connectivity index (χ0) is 23.5. The minimum Gasteiger partial charge on any atom is -0.465 e. The number of ether oxygens (including phenoxy) is 1. The molecule has 0 fully saturated rings. The van der Waals surface area contributed by atoms with E-state index in [1.165, 1.54) is 0 Å². The van der Waals surface area contributed by atoms with Crippen molar-refractivity contribution in [2.75, 3.05) is 6.61 Å². The Bertz CT molecular complexity index is 1180. The smallest absolute Gasteiger partial charge is 0.339 e. The average molecular weight is 447 g/mol. The normalized spacial score (nSPS) is 14.7. The van der Waals surface area contributed by atoms with Crippen LogP contribution in [0.3, 0.4) is 0 Å². The molecule has 1 aromatic carbocycles. The number of rotatable bonds is 6. The van der Waals surface area contributed by atoms with Gasteiger partial charge in [-0.2, -0.15) is 0 Å². The van der Waals surface area contributed by atoms with Gasteiger partial charge in [-0.15, -0.1) is 0 Å². The van der Waals surface area contributed by atoms with Crippen molar-refractivity contribution in [2.24, 2.45) is 0 Å². The molecule has 0 unspecified atom stereocenters. The third-order valence-electron chi connectivity index (χ3n) is 5.96. The maximum atomic E-state index is 13.4. The lowest BCUT2D eigenvalue weighted by atomic mass is 9.86. The second-order valence-corrected chi connectivity index (χ2v) is 8.93. The standard InChI is InChI=1S/C27H30N2O4/c1-17(2)29(18(3)4)24(30)16-33-27(31)25-21-11-5-6-13-23(21)28-26-19(9-7-12-22(25)26)15-20-10-8-14-32-20/h5-6,8,10-11,13-15,17-18H,7,9,12,16H2,1-4H3. The zero-order valence-corrected chi connectivity index (χ0v) is 19.6. The highest BCUT2D eigenvalue weighted by Crippen LogP contribution is 2.36. The fourth-order valence-electron chi connectivity index (χ4n) is 4.70. The van der Waals surface area contributed by atoms with Crippen LogP contribution in [-0.4, -0.2) is 40.5 Å². The number of nitrogens with zero attached hydrogens (tertiary/aromatic N) is 2. The number of fused-ring (bicyclic) bond motifs is 2. The van der Waals surface area contributed by atoms with Gasteiger partial charge in [0.25, 0.3) is 5.91 Å². The highest BCUT2D eigenvalue weighted by Gasteiger charge is 2.27. The summed E-state index contributed by atoms with van der Waals surface area (Å²) in [6.07, 6.45) is 6.10. The maximum absolute atomic E-state index is 13.4. The second-order valence-electron chi connectivity index (χ2n) is 8.93. The van der Waals surface area contributed by atoms with Crippen LogP contribution in [0.4, 0.5) is 0 Å². The molecule has 0 spiro atoms. The van der Waals surface area contributed by atoms with Gasteiger partial charge >= 0.3 is 5.97 Å². The first-order valence-corrected chi connectivity index (χ1v) is 11.5. The number of furan rings is 1. The molecule has 172 valence electrons. The van der Waals surface area contributed by atoms with Gasteiger partial charge in [-0.3, -0.25) is 4.79 Å². The molecule has 0 atom stereocenters. The van der Waals surface area contributed by atoms with Gasteiger partial charge in [0, 0.05) is 17.5 Å². The van der Waals surface area contributed by atoms with E-state index < -0.39 is 5.97 Å². The molecule has 2 heterocycles. The van der Waals surface area contributed by atoms with Crippen LogP contribution >= 0.6 is 0 Å². The van der Waals surface area contributed by atoms with E-state index >= 15 is 0 Å². The summed E-state index contributed by atoms with van der Waals surface area (Å²) in [5, 5.41) is 0.748. The van der Waals surface area contributed by atoms with Gasteiger partial charge in [-0.1, -0.05) is 18.2 Å². The fraction of sp³-hybridized carbons (Fsp3) is 0.370. The average Bonchev–Trinajstić information content (AvgIpc) is 3.29. The van der Waals surface area contributed by atoms with Crippen LogP contribution in [-0.2, 0) is 16.0 Å². The number of esters is 1. The minimum absolute atomic E-state index is 0.0278. The second kappa shape index (κ2) is 9.61. The van der Waals surface area contributed by atoms with Gasteiger partial charge in [0.05, 0.1) is 23.0 Å². The Labute approximate surface area is 194 Å². The van der Waals surface area contributed by atoms with Gasteiger partial charge in [-0.05, 0) is 82.4 Å². The Morgan fingerprint density at radius 2 is 1.85 bits per heavy atom. The molecule has 0 aliphatic heterocycles. The van der Waals surface area contributed by atoms with Crippen LogP contribution < -0.4 is 0 Å². The molecular formula is C27H30N2O4. The molecule has 33 heavy (non-hydrogen) atoms. The van der Waals surface area contributed by atoms with Crippen LogP contribution in [0.15, 0.2) is 47.1 Å². The van der Waals surface area contributed by atoms with Gasteiger partial charge in [0.2, 0.25) is 0 Å². The Morgan fingerprint density at radius 3 is 2.55 bits per heavy atom. The molecule has 2 aromatic heterocycles. The number of amides is 1. The summed E-state index contributed by atoms with van der Waals surface area (Å²) in [7, 11) is 0. The lowest BCUT2D eigenvalue weighted by Gasteiger charge is -2.30. The summed E-state index contributed by atoms with van der Waals surface area (Å²) in [5.74, 6) is 0.0777. The van der Waals surface area contributed by atoms with Crippen molar-refractivity contribution in [1.29, 1.82) is 0 Å². The van der Waals surface area contributed by atoms with E-state index in [1.807, 2.05) is 70.2 Å². The minimum atomic E-state index is -0.482. The molecule has 1 amide bonds. The topological polar surface area (TPSA) is 72.6 Å². The molecule has 0 bridgehead atoms. The number of pyridine rings is 1. The number of carbonyl (C=O) groups excluding carboxylic acids is 2. The van der Waals surface area contributed by atoms with E-state index in [0.29, 0.717) is 5.56 Å². The summed E-state index contributed by atoms with van der Waals surface area (Å²) in [6.45, 7) is 7.55. The number of hydrogen-bond acceptors (Lipinski definition) is 5. The lowest BCUT2D eigenvalue weighted by molar-refractivity contribution is -0.138. The molecular weight excluding hydrogens is 416 g/mol. The number of hydrogen-bond donors (Lipinski definition) is 0. The van der Waals surface area contributed by atoms with Crippen LogP contribution in [0.1, 0.15) is 67.9 Å². The third kappa shape index (κ3) is 4.70. The molecule has 0 radical (unpaired) electrons. The summed E-state index contributed by atoms with van der Waals surface area (Å²) < 4.78 is 11.1. The van der Waals surface area contributed by atoms with Gasteiger partial charge in [0.1, 0.15) is 5.76 Å². The van der Waals surface area contributed by atoms with Crippen molar-refractivity contribution < 1.29 is 18.7 Å². The molecule has 3 aromatic rings. The van der Waals surface area contributed by atoms with Gasteiger partial charge in [0.15, 0.2) is 6.61 Å². The van der Waals surface area contributed by atoms with Crippen molar-refractivity contribution in [3.63, 3.8) is 0 Å². The molecule has 1 aliphatic carbocycles. The lowest BCUT2D eigenvalue weighted by Crippen LogP contribution is -2.44. The highest BCUT2D eigenvalue weighted by atomic mass is 16.5. The fourth-order valence-corrected chi connectivity index (χ4v) is 4.70. The number of aromatic nitrogens is 1. The molecule has 0 saturated heterocycles. The first kappa shape index (κ1) is 22.8. The quantitative estimate of drug-likeness (QED) is 0.467. The maximum Gasteiger partial charge on any atom is 0.339 e. The first-order valence-electron chi connectivity index (χ1n) is 11.5.